The summed E-state index contributed by atoms with van der Waals surface area (Å²) in [5, 5.41) is 0.518. The van der Waals surface area contributed by atoms with Crippen molar-refractivity contribution in [2.24, 2.45) is 5.73 Å². The standard InChI is InChI=1S/C15H17F3N2/c1-9-7-10(8-14(2,3)19)11-5-4-6-12(13(11)20-9)15(16,17)18/h4-7H,8,19H2,1-3H3. The predicted octanol–water partition coefficient (Wildman–Crippen LogP) is 3.84. The number of benzene rings is 1. The number of aryl methyl sites for hydroxylation is 1. The molecule has 20 heavy (non-hydrogen) atoms. The fourth-order valence-corrected chi connectivity index (χ4v) is 2.33. The Kier molecular flexibility index (Phi) is 3.50. The van der Waals surface area contributed by atoms with Gasteiger partial charge in [0.1, 0.15) is 0 Å². The fraction of sp³-hybridized carbons (Fsp3) is 0.400. The van der Waals surface area contributed by atoms with Crippen molar-refractivity contribution >= 4 is 10.9 Å². The molecule has 0 unspecified atom stereocenters. The highest BCUT2D eigenvalue weighted by Crippen LogP contribution is 2.35. The topological polar surface area (TPSA) is 38.9 Å². The molecule has 1 aromatic heterocycles. The van der Waals surface area contributed by atoms with Crippen molar-refractivity contribution in [2.75, 3.05) is 0 Å². The van der Waals surface area contributed by atoms with Gasteiger partial charge in [0, 0.05) is 16.6 Å². The van der Waals surface area contributed by atoms with Crippen molar-refractivity contribution in [3.05, 3.63) is 41.1 Å². The molecule has 108 valence electrons. The lowest BCUT2D eigenvalue weighted by Crippen LogP contribution is -2.34. The molecule has 2 rings (SSSR count). The second-order valence-electron chi connectivity index (χ2n) is 5.79. The smallest absolute Gasteiger partial charge is 0.325 e. The van der Waals surface area contributed by atoms with Gasteiger partial charge in [-0.25, -0.2) is 0 Å². The van der Waals surface area contributed by atoms with Gasteiger partial charge >= 0.3 is 6.18 Å². The van der Waals surface area contributed by atoms with Gasteiger partial charge in [-0.3, -0.25) is 4.98 Å². The molecule has 0 spiro atoms. The molecule has 0 aliphatic carbocycles. The first-order valence-corrected chi connectivity index (χ1v) is 6.33. The largest absolute Gasteiger partial charge is 0.418 e. The Bertz CT molecular complexity index is 640. The van der Waals surface area contributed by atoms with E-state index in [0.29, 0.717) is 17.5 Å². The van der Waals surface area contributed by atoms with E-state index in [-0.39, 0.29) is 5.52 Å². The van der Waals surface area contributed by atoms with E-state index in [9.17, 15) is 13.2 Å². The van der Waals surface area contributed by atoms with Crippen molar-refractivity contribution in [2.45, 2.75) is 38.9 Å². The maximum Gasteiger partial charge on any atom is 0.418 e. The minimum absolute atomic E-state index is 0.000694. The van der Waals surface area contributed by atoms with Crippen molar-refractivity contribution in [1.82, 2.24) is 4.98 Å². The number of aromatic nitrogens is 1. The summed E-state index contributed by atoms with van der Waals surface area (Å²) in [5.74, 6) is 0. The lowest BCUT2D eigenvalue weighted by atomic mass is 9.92. The minimum Gasteiger partial charge on any atom is -0.325 e. The molecule has 1 aromatic carbocycles. The highest BCUT2D eigenvalue weighted by Gasteiger charge is 2.33. The van der Waals surface area contributed by atoms with Gasteiger partial charge in [0.25, 0.3) is 0 Å². The molecule has 1 heterocycles. The average Bonchev–Trinajstić information content (AvgIpc) is 2.24. The Morgan fingerprint density at radius 2 is 1.85 bits per heavy atom. The Labute approximate surface area is 115 Å². The zero-order valence-electron chi connectivity index (χ0n) is 11.7. The number of nitrogens with zero attached hydrogens (tertiary/aromatic N) is 1. The summed E-state index contributed by atoms with van der Waals surface area (Å²) in [6, 6.07) is 5.94. The van der Waals surface area contributed by atoms with Gasteiger partial charge < -0.3 is 5.73 Å². The maximum atomic E-state index is 13.1. The summed E-state index contributed by atoms with van der Waals surface area (Å²) in [6.07, 6.45) is -3.91. The van der Waals surface area contributed by atoms with Crippen LogP contribution in [-0.4, -0.2) is 10.5 Å². The average molecular weight is 282 g/mol. The van der Waals surface area contributed by atoms with Crippen LogP contribution < -0.4 is 5.73 Å². The fourth-order valence-electron chi connectivity index (χ4n) is 2.33. The molecule has 0 saturated heterocycles. The van der Waals surface area contributed by atoms with Crippen LogP contribution in [-0.2, 0) is 12.6 Å². The van der Waals surface area contributed by atoms with E-state index in [2.05, 4.69) is 4.98 Å². The first-order valence-electron chi connectivity index (χ1n) is 6.33. The maximum absolute atomic E-state index is 13.1. The van der Waals surface area contributed by atoms with Crippen LogP contribution in [0.5, 0.6) is 0 Å². The van der Waals surface area contributed by atoms with E-state index < -0.39 is 17.3 Å². The minimum atomic E-state index is -4.41. The van der Waals surface area contributed by atoms with Gasteiger partial charge in [0.2, 0.25) is 0 Å². The number of halogens is 3. The lowest BCUT2D eigenvalue weighted by Gasteiger charge is -2.20. The first-order chi connectivity index (χ1) is 9.08. The van der Waals surface area contributed by atoms with Crippen molar-refractivity contribution < 1.29 is 13.2 Å². The Morgan fingerprint density at radius 1 is 1.20 bits per heavy atom. The number of rotatable bonds is 2. The summed E-state index contributed by atoms with van der Waals surface area (Å²) < 4.78 is 39.2. The number of alkyl halides is 3. The van der Waals surface area contributed by atoms with Crippen molar-refractivity contribution in [3.63, 3.8) is 0 Å². The van der Waals surface area contributed by atoms with Crippen molar-refractivity contribution in [1.29, 1.82) is 0 Å². The van der Waals surface area contributed by atoms with E-state index >= 15 is 0 Å². The van der Waals surface area contributed by atoms with E-state index in [1.807, 2.05) is 13.8 Å². The molecular weight excluding hydrogens is 265 g/mol. The van der Waals surface area contributed by atoms with Crippen LogP contribution in [0.4, 0.5) is 13.2 Å². The van der Waals surface area contributed by atoms with Crippen LogP contribution >= 0.6 is 0 Å². The van der Waals surface area contributed by atoms with Gasteiger partial charge in [-0.1, -0.05) is 12.1 Å². The van der Waals surface area contributed by atoms with Gasteiger partial charge in [-0.15, -0.1) is 0 Å². The van der Waals surface area contributed by atoms with E-state index in [0.717, 1.165) is 11.6 Å². The van der Waals surface area contributed by atoms with Gasteiger partial charge in [-0.2, -0.15) is 13.2 Å². The van der Waals surface area contributed by atoms with Crippen LogP contribution in [0.15, 0.2) is 24.3 Å². The molecule has 0 aliphatic rings. The normalized spacial score (nSPS) is 12.9. The molecule has 0 bridgehead atoms. The van der Waals surface area contributed by atoms with Crippen LogP contribution in [0.3, 0.4) is 0 Å². The van der Waals surface area contributed by atoms with Crippen LogP contribution in [0.1, 0.15) is 30.7 Å². The number of hydrogen-bond donors (Lipinski definition) is 1. The Hall–Kier alpha value is -1.62. The molecule has 0 saturated carbocycles. The first kappa shape index (κ1) is 14.8. The number of para-hydroxylation sites is 1. The van der Waals surface area contributed by atoms with Crippen LogP contribution in [0.2, 0.25) is 0 Å². The summed E-state index contributed by atoms with van der Waals surface area (Å²) in [4.78, 5) is 4.07. The molecule has 2 aromatic rings. The third-order valence-corrected chi connectivity index (χ3v) is 3.00. The molecule has 0 atom stereocenters. The predicted molar refractivity (Wildman–Crippen MR) is 73.5 cm³/mol. The summed E-state index contributed by atoms with van der Waals surface area (Å²) in [5.41, 5.74) is 6.16. The van der Waals surface area contributed by atoms with Gasteiger partial charge in [-0.05, 0) is 44.9 Å². The summed E-state index contributed by atoms with van der Waals surface area (Å²) in [6.45, 7) is 5.39. The quantitative estimate of drug-likeness (QED) is 0.909. The third-order valence-electron chi connectivity index (χ3n) is 3.00. The zero-order chi connectivity index (χ0) is 15.1. The van der Waals surface area contributed by atoms with Gasteiger partial charge in [0.05, 0.1) is 11.1 Å². The SMILES string of the molecule is Cc1cc(CC(C)(C)N)c2cccc(C(F)(F)F)c2n1. The number of nitrogens with two attached hydrogens (primary N) is 1. The van der Waals surface area contributed by atoms with E-state index in [1.54, 1.807) is 19.1 Å². The molecular formula is C15H17F3N2. The molecule has 0 fully saturated rings. The monoisotopic (exact) mass is 282 g/mol. The Morgan fingerprint density at radius 3 is 2.40 bits per heavy atom. The molecule has 5 heteroatoms. The highest BCUT2D eigenvalue weighted by atomic mass is 19.4. The van der Waals surface area contributed by atoms with E-state index in [4.69, 9.17) is 5.73 Å². The molecule has 2 nitrogen and oxygen atoms in total. The lowest BCUT2D eigenvalue weighted by molar-refractivity contribution is -0.136. The molecule has 2 N–H and O–H groups in total. The van der Waals surface area contributed by atoms with Crippen LogP contribution in [0.25, 0.3) is 10.9 Å². The number of pyridine rings is 1. The summed E-state index contributed by atoms with van der Waals surface area (Å²) >= 11 is 0. The van der Waals surface area contributed by atoms with Crippen molar-refractivity contribution in [3.8, 4) is 0 Å². The molecule has 0 radical (unpaired) electrons. The number of fused-ring (bicyclic) bond motifs is 1. The highest BCUT2D eigenvalue weighted by molar-refractivity contribution is 5.86. The number of hydrogen-bond acceptors (Lipinski definition) is 2. The van der Waals surface area contributed by atoms with Crippen LogP contribution in [0, 0.1) is 6.92 Å². The second kappa shape index (κ2) is 4.74. The summed E-state index contributed by atoms with van der Waals surface area (Å²) in [7, 11) is 0. The molecule has 0 amide bonds. The Balaban J connectivity index is 2.73. The third kappa shape index (κ3) is 3.10. The second-order valence-corrected chi connectivity index (χ2v) is 5.79. The molecule has 0 aliphatic heterocycles. The van der Waals surface area contributed by atoms with Gasteiger partial charge in [0.15, 0.2) is 0 Å². The van der Waals surface area contributed by atoms with E-state index in [1.165, 1.54) is 6.07 Å². The zero-order valence-corrected chi connectivity index (χ0v) is 11.7.